The Kier molecular flexibility index (Phi) is 3.48. The fourth-order valence-electron chi connectivity index (χ4n) is 1.39. The van der Waals surface area contributed by atoms with Crippen molar-refractivity contribution in [1.82, 2.24) is 0 Å². The summed E-state index contributed by atoms with van der Waals surface area (Å²) in [4.78, 5) is 0. The van der Waals surface area contributed by atoms with Crippen molar-refractivity contribution in [3.8, 4) is 11.5 Å². The highest BCUT2D eigenvalue weighted by Crippen LogP contribution is 2.34. The Bertz CT molecular complexity index is 552. The van der Waals surface area contributed by atoms with Gasteiger partial charge in [0.05, 0.1) is 10.6 Å². The highest BCUT2D eigenvalue weighted by atomic mass is 35.5. The fraction of sp³-hybridized carbons (Fsp3) is 0.0769. The van der Waals surface area contributed by atoms with Crippen LogP contribution in [0.5, 0.6) is 11.5 Å². The number of halogens is 4. The minimum Gasteiger partial charge on any atom is -0.456 e. The van der Waals surface area contributed by atoms with E-state index in [-0.39, 0.29) is 5.75 Å². The van der Waals surface area contributed by atoms with Gasteiger partial charge in [-0.05, 0) is 30.3 Å². The summed E-state index contributed by atoms with van der Waals surface area (Å²) in [5, 5.41) is 0.343. The molecule has 94 valence electrons. The van der Waals surface area contributed by atoms with E-state index >= 15 is 0 Å². The van der Waals surface area contributed by atoms with E-state index < -0.39 is 11.7 Å². The maximum absolute atomic E-state index is 12.5. The zero-order valence-corrected chi connectivity index (χ0v) is 9.79. The van der Waals surface area contributed by atoms with Crippen LogP contribution in [0.1, 0.15) is 5.56 Å². The van der Waals surface area contributed by atoms with Crippen molar-refractivity contribution >= 4 is 11.6 Å². The van der Waals surface area contributed by atoms with Gasteiger partial charge >= 0.3 is 6.18 Å². The highest BCUT2D eigenvalue weighted by molar-refractivity contribution is 6.32. The first-order valence-corrected chi connectivity index (χ1v) is 5.44. The lowest BCUT2D eigenvalue weighted by Gasteiger charge is -2.10. The fourth-order valence-corrected chi connectivity index (χ4v) is 1.56. The summed E-state index contributed by atoms with van der Waals surface area (Å²) < 4.78 is 42.8. The first-order chi connectivity index (χ1) is 8.47. The molecule has 0 aliphatic carbocycles. The predicted octanol–water partition coefficient (Wildman–Crippen LogP) is 5.15. The average molecular weight is 273 g/mol. The average Bonchev–Trinajstić information content (AvgIpc) is 2.31. The topological polar surface area (TPSA) is 9.23 Å². The second-order valence-electron chi connectivity index (χ2n) is 3.56. The van der Waals surface area contributed by atoms with Crippen molar-refractivity contribution < 1.29 is 17.9 Å². The Hall–Kier alpha value is -1.68. The second kappa shape index (κ2) is 4.90. The third-order valence-corrected chi connectivity index (χ3v) is 2.54. The Morgan fingerprint density at radius 2 is 1.67 bits per heavy atom. The molecule has 0 saturated heterocycles. The molecule has 2 aromatic rings. The zero-order valence-electron chi connectivity index (χ0n) is 9.04. The van der Waals surface area contributed by atoms with Gasteiger partial charge in [0.15, 0.2) is 0 Å². The van der Waals surface area contributed by atoms with Gasteiger partial charge in [-0.2, -0.15) is 13.2 Å². The van der Waals surface area contributed by atoms with Crippen molar-refractivity contribution in [2.75, 3.05) is 0 Å². The number of rotatable bonds is 2. The summed E-state index contributed by atoms with van der Waals surface area (Å²) in [6.45, 7) is 0. The predicted molar refractivity (Wildman–Crippen MR) is 63.0 cm³/mol. The zero-order chi connectivity index (χ0) is 13.2. The van der Waals surface area contributed by atoms with Gasteiger partial charge in [0.25, 0.3) is 0 Å². The molecule has 18 heavy (non-hydrogen) atoms. The lowest BCUT2D eigenvalue weighted by Crippen LogP contribution is -2.04. The van der Waals surface area contributed by atoms with Gasteiger partial charge in [0.1, 0.15) is 11.5 Å². The van der Waals surface area contributed by atoms with Crippen LogP contribution in [0.15, 0.2) is 48.5 Å². The van der Waals surface area contributed by atoms with Crippen LogP contribution < -0.4 is 4.74 Å². The molecular weight excluding hydrogens is 265 g/mol. The maximum Gasteiger partial charge on any atom is 0.416 e. The number of ether oxygens (including phenoxy) is 1. The van der Waals surface area contributed by atoms with Crippen LogP contribution in [0.25, 0.3) is 0 Å². The van der Waals surface area contributed by atoms with Gasteiger partial charge in [-0.15, -0.1) is 0 Å². The monoisotopic (exact) mass is 272 g/mol. The van der Waals surface area contributed by atoms with Gasteiger partial charge in [-0.3, -0.25) is 0 Å². The standard InChI is InChI=1S/C13H8ClF3O/c14-11-6-1-2-7-12(11)18-10-5-3-4-9(8-10)13(15,16)17/h1-8H. The van der Waals surface area contributed by atoms with Crippen molar-refractivity contribution in [2.45, 2.75) is 6.18 Å². The van der Waals surface area contributed by atoms with Crippen LogP contribution in [0.3, 0.4) is 0 Å². The molecule has 2 aromatic carbocycles. The van der Waals surface area contributed by atoms with Crippen LogP contribution >= 0.6 is 11.6 Å². The third-order valence-electron chi connectivity index (χ3n) is 2.23. The first kappa shape index (κ1) is 12.8. The normalized spacial score (nSPS) is 11.3. The Morgan fingerprint density at radius 1 is 0.944 bits per heavy atom. The van der Waals surface area contributed by atoms with Gasteiger partial charge in [0.2, 0.25) is 0 Å². The number of alkyl halides is 3. The summed E-state index contributed by atoms with van der Waals surface area (Å²) >= 11 is 5.86. The molecule has 0 bridgehead atoms. The summed E-state index contributed by atoms with van der Waals surface area (Å²) in [6.07, 6.45) is -4.39. The van der Waals surface area contributed by atoms with Crippen LogP contribution in [-0.4, -0.2) is 0 Å². The lowest BCUT2D eigenvalue weighted by molar-refractivity contribution is -0.137. The summed E-state index contributed by atoms with van der Waals surface area (Å²) in [5.41, 5.74) is -0.757. The molecule has 0 N–H and O–H groups in total. The van der Waals surface area contributed by atoms with E-state index in [1.165, 1.54) is 12.1 Å². The smallest absolute Gasteiger partial charge is 0.416 e. The van der Waals surface area contributed by atoms with Crippen molar-refractivity contribution in [1.29, 1.82) is 0 Å². The molecule has 0 heterocycles. The molecule has 2 rings (SSSR count). The Labute approximate surface area is 107 Å². The molecule has 0 radical (unpaired) electrons. The molecule has 0 saturated carbocycles. The third kappa shape index (κ3) is 2.96. The molecule has 0 atom stereocenters. The van der Waals surface area contributed by atoms with Crippen molar-refractivity contribution in [2.24, 2.45) is 0 Å². The van der Waals surface area contributed by atoms with Crippen LogP contribution in [0.2, 0.25) is 5.02 Å². The van der Waals surface area contributed by atoms with Gasteiger partial charge in [0, 0.05) is 0 Å². The van der Waals surface area contributed by atoms with Crippen molar-refractivity contribution in [3.63, 3.8) is 0 Å². The van der Waals surface area contributed by atoms with Gasteiger partial charge < -0.3 is 4.74 Å². The number of para-hydroxylation sites is 1. The maximum atomic E-state index is 12.5. The molecule has 0 aliphatic rings. The molecule has 5 heteroatoms. The summed E-state index contributed by atoms with van der Waals surface area (Å²) in [6, 6.07) is 11.2. The van der Waals surface area contributed by atoms with E-state index in [4.69, 9.17) is 16.3 Å². The molecule has 0 spiro atoms. The van der Waals surface area contributed by atoms with E-state index in [1.54, 1.807) is 24.3 Å². The van der Waals surface area contributed by atoms with E-state index in [1.807, 2.05) is 0 Å². The molecule has 0 amide bonds. The second-order valence-corrected chi connectivity index (χ2v) is 3.97. The molecular formula is C13H8ClF3O. The van der Waals surface area contributed by atoms with Crippen LogP contribution in [0.4, 0.5) is 13.2 Å². The highest BCUT2D eigenvalue weighted by Gasteiger charge is 2.30. The van der Waals surface area contributed by atoms with Gasteiger partial charge in [-0.1, -0.05) is 29.8 Å². The van der Waals surface area contributed by atoms with E-state index in [2.05, 4.69) is 0 Å². The Balaban J connectivity index is 2.28. The molecule has 0 unspecified atom stereocenters. The van der Waals surface area contributed by atoms with Crippen molar-refractivity contribution in [3.05, 3.63) is 59.1 Å². The van der Waals surface area contributed by atoms with E-state index in [0.29, 0.717) is 10.8 Å². The van der Waals surface area contributed by atoms with Crippen LogP contribution in [0, 0.1) is 0 Å². The lowest BCUT2D eigenvalue weighted by atomic mass is 10.2. The van der Waals surface area contributed by atoms with Crippen LogP contribution in [-0.2, 0) is 6.18 Å². The minimum atomic E-state index is -4.39. The molecule has 1 nitrogen and oxygen atoms in total. The molecule has 0 aliphatic heterocycles. The SMILES string of the molecule is FC(F)(F)c1cccc(Oc2ccccc2Cl)c1. The summed E-state index contributed by atoms with van der Waals surface area (Å²) in [5.74, 6) is 0.413. The summed E-state index contributed by atoms with van der Waals surface area (Å²) in [7, 11) is 0. The number of hydrogen-bond acceptors (Lipinski definition) is 1. The van der Waals surface area contributed by atoms with E-state index in [0.717, 1.165) is 12.1 Å². The molecule has 0 aromatic heterocycles. The number of benzene rings is 2. The number of hydrogen-bond donors (Lipinski definition) is 0. The minimum absolute atomic E-state index is 0.0953. The Morgan fingerprint density at radius 3 is 2.33 bits per heavy atom. The first-order valence-electron chi connectivity index (χ1n) is 5.06. The van der Waals surface area contributed by atoms with Gasteiger partial charge in [-0.25, -0.2) is 0 Å². The quantitative estimate of drug-likeness (QED) is 0.734. The van der Waals surface area contributed by atoms with E-state index in [9.17, 15) is 13.2 Å². The largest absolute Gasteiger partial charge is 0.456 e. The molecule has 0 fully saturated rings.